The minimum Gasteiger partial charge on any atom is -0.380 e. The number of rotatable bonds is 5. The number of ether oxygens (including phenoxy) is 1. The molecule has 2 N–H and O–H groups in total. The van der Waals surface area contributed by atoms with Gasteiger partial charge in [-0.2, -0.15) is 0 Å². The second kappa shape index (κ2) is 10.1. The van der Waals surface area contributed by atoms with Crippen LogP contribution in [0.5, 0.6) is 0 Å². The predicted molar refractivity (Wildman–Crippen MR) is 107 cm³/mol. The fraction of sp³-hybridized carbons (Fsp3) is 0.600. The van der Waals surface area contributed by atoms with Gasteiger partial charge >= 0.3 is 0 Å². The number of carbonyl (C=O) groups is 2. The number of nitrogens with zero attached hydrogens (tertiary/aromatic N) is 2. The highest BCUT2D eigenvalue weighted by Crippen LogP contribution is 2.27. The van der Waals surface area contributed by atoms with Crippen LogP contribution >= 0.6 is 12.4 Å². The summed E-state index contributed by atoms with van der Waals surface area (Å²) in [6, 6.07) is 10.1. The molecule has 0 radical (unpaired) electrons. The Hall–Kier alpha value is -1.63. The highest BCUT2D eigenvalue weighted by atomic mass is 35.5. The molecule has 150 valence electrons. The van der Waals surface area contributed by atoms with Crippen LogP contribution < -0.4 is 5.73 Å². The third-order valence-electron chi connectivity index (χ3n) is 5.63. The van der Waals surface area contributed by atoms with Crippen molar-refractivity contribution in [1.29, 1.82) is 0 Å². The molecule has 1 aliphatic heterocycles. The lowest BCUT2D eigenvalue weighted by atomic mass is 9.83. The molecule has 1 saturated heterocycles. The first-order chi connectivity index (χ1) is 12.6. The van der Waals surface area contributed by atoms with Crippen LogP contribution in [0.3, 0.4) is 0 Å². The molecule has 3 atom stereocenters. The van der Waals surface area contributed by atoms with Gasteiger partial charge in [-0.1, -0.05) is 30.3 Å². The summed E-state index contributed by atoms with van der Waals surface area (Å²) in [5.74, 6) is 0.0292. The summed E-state index contributed by atoms with van der Waals surface area (Å²) in [6.07, 6.45) is 3.11. The number of benzene rings is 1. The smallest absolute Gasteiger partial charge is 0.242 e. The van der Waals surface area contributed by atoms with Crippen molar-refractivity contribution in [3.05, 3.63) is 35.9 Å². The summed E-state index contributed by atoms with van der Waals surface area (Å²) in [6.45, 7) is 2.11. The van der Waals surface area contributed by atoms with E-state index in [9.17, 15) is 9.59 Å². The quantitative estimate of drug-likeness (QED) is 0.819. The maximum atomic E-state index is 12.8. The van der Waals surface area contributed by atoms with Crippen LogP contribution in [-0.4, -0.2) is 67.0 Å². The summed E-state index contributed by atoms with van der Waals surface area (Å²) in [4.78, 5) is 28.8. The topological polar surface area (TPSA) is 75.9 Å². The molecule has 3 rings (SSSR count). The number of amides is 2. The van der Waals surface area contributed by atoms with Crippen LogP contribution in [0.1, 0.15) is 24.8 Å². The summed E-state index contributed by atoms with van der Waals surface area (Å²) in [5.41, 5.74) is 7.35. The fourth-order valence-electron chi connectivity index (χ4n) is 3.99. The molecule has 1 heterocycles. The van der Waals surface area contributed by atoms with E-state index in [1.165, 1.54) is 5.56 Å². The van der Waals surface area contributed by atoms with Gasteiger partial charge in [0.05, 0.1) is 12.6 Å². The van der Waals surface area contributed by atoms with E-state index in [0.717, 1.165) is 19.3 Å². The second-order valence-corrected chi connectivity index (χ2v) is 7.32. The number of hydrogen-bond acceptors (Lipinski definition) is 4. The predicted octanol–water partition coefficient (Wildman–Crippen LogP) is 1.46. The van der Waals surface area contributed by atoms with Crippen molar-refractivity contribution in [3.8, 4) is 0 Å². The van der Waals surface area contributed by atoms with Gasteiger partial charge in [-0.25, -0.2) is 0 Å². The van der Waals surface area contributed by atoms with Crippen molar-refractivity contribution in [2.45, 2.75) is 37.8 Å². The molecular weight excluding hydrogens is 366 g/mol. The lowest BCUT2D eigenvalue weighted by molar-refractivity contribution is -0.148. The Labute approximate surface area is 167 Å². The average Bonchev–Trinajstić information content (AvgIpc) is 2.67. The molecule has 7 heteroatoms. The lowest BCUT2D eigenvalue weighted by Crippen LogP contribution is -2.55. The molecule has 1 aliphatic carbocycles. The van der Waals surface area contributed by atoms with Gasteiger partial charge < -0.3 is 20.3 Å². The first kappa shape index (κ1) is 21.7. The summed E-state index contributed by atoms with van der Waals surface area (Å²) >= 11 is 0. The molecular formula is C20H30ClN3O3. The van der Waals surface area contributed by atoms with Gasteiger partial charge in [0.25, 0.3) is 0 Å². The molecule has 0 unspecified atom stereocenters. The van der Waals surface area contributed by atoms with Crippen LogP contribution in [0.25, 0.3) is 0 Å². The van der Waals surface area contributed by atoms with Crippen LogP contribution in [0.2, 0.25) is 0 Å². The van der Waals surface area contributed by atoms with Gasteiger partial charge in [-0.3, -0.25) is 9.59 Å². The minimum absolute atomic E-state index is 0. The average molecular weight is 396 g/mol. The van der Waals surface area contributed by atoms with Crippen molar-refractivity contribution in [1.82, 2.24) is 9.80 Å². The number of nitrogens with two attached hydrogens (primary N) is 1. The summed E-state index contributed by atoms with van der Waals surface area (Å²) < 4.78 is 5.36. The maximum Gasteiger partial charge on any atom is 0.242 e. The monoisotopic (exact) mass is 395 g/mol. The van der Waals surface area contributed by atoms with E-state index in [1.807, 2.05) is 23.1 Å². The van der Waals surface area contributed by atoms with E-state index >= 15 is 0 Å². The highest BCUT2D eigenvalue weighted by molar-refractivity contribution is 5.87. The molecule has 2 amide bonds. The fourth-order valence-corrected chi connectivity index (χ4v) is 3.99. The zero-order valence-corrected chi connectivity index (χ0v) is 16.7. The third-order valence-corrected chi connectivity index (χ3v) is 5.63. The number of piperazine rings is 1. The van der Waals surface area contributed by atoms with Crippen molar-refractivity contribution < 1.29 is 14.3 Å². The van der Waals surface area contributed by atoms with E-state index in [-0.39, 0.29) is 48.8 Å². The molecule has 27 heavy (non-hydrogen) atoms. The van der Waals surface area contributed by atoms with Crippen LogP contribution in [0.15, 0.2) is 30.3 Å². The molecule has 1 aromatic rings. The van der Waals surface area contributed by atoms with Gasteiger partial charge in [0.2, 0.25) is 11.8 Å². The Balaban J connectivity index is 0.00000261. The molecule has 2 aliphatic rings. The molecule has 2 fully saturated rings. The molecule has 0 aromatic heterocycles. The molecule has 1 saturated carbocycles. The number of methoxy groups -OCH3 is 1. The Kier molecular flexibility index (Phi) is 8.07. The molecule has 0 bridgehead atoms. The normalized spacial score (nSPS) is 25.9. The van der Waals surface area contributed by atoms with Crippen LogP contribution in [-0.2, 0) is 20.7 Å². The molecule has 0 spiro atoms. The lowest BCUT2D eigenvalue weighted by Gasteiger charge is -2.38. The Morgan fingerprint density at radius 2 is 1.96 bits per heavy atom. The number of halogens is 1. The van der Waals surface area contributed by atoms with Gasteiger partial charge in [0.15, 0.2) is 0 Å². The second-order valence-electron chi connectivity index (χ2n) is 7.32. The van der Waals surface area contributed by atoms with Crippen molar-refractivity contribution in [2.75, 3.05) is 33.3 Å². The van der Waals surface area contributed by atoms with E-state index in [1.54, 1.807) is 12.0 Å². The number of carbonyl (C=O) groups excluding carboxylic acids is 2. The Bertz CT molecular complexity index is 628. The SMILES string of the molecule is CO[C@@H]1CC[C@H](C(=O)N2CCN(CCc3ccccc3)C(=O)C2)C[C@H]1N.Cl. The summed E-state index contributed by atoms with van der Waals surface area (Å²) in [5, 5.41) is 0. The Morgan fingerprint density at radius 1 is 1.22 bits per heavy atom. The Morgan fingerprint density at radius 3 is 2.59 bits per heavy atom. The largest absolute Gasteiger partial charge is 0.380 e. The van der Waals surface area contributed by atoms with Crippen LogP contribution in [0, 0.1) is 5.92 Å². The van der Waals surface area contributed by atoms with Gasteiger partial charge in [-0.15, -0.1) is 12.4 Å². The maximum absolute atomic E-state index is 12.8. The van der Waals surface area contributed by atoms with Gasteiger partial charge in [-0.05, 0) is 31.2 Å². The van der Waals surface area contributed by atoms with Crippen molar-refractivity contribution >= 4 is 24.2 Å². The first-order valence-electron chi connectivity index (χ1n) is 9.47. The van der Waals surface area contributed by atoms with E-state index < -0.39 is 0 Å². The third kappa shape index (κ3) is 5.43. The summed E-state index contributed by atoms with van der Waals surface area (Å²) in [7, 11) is 1.67. The van der Waals surface area contributed by atoms with E-state index in [2.05, 4.69) is 12.1 Å². The minimum atomic E-state index is -0.106. The molecule has 1 aromatic carbocycles. The van der Waals surface area contributed by atoms with E-state index in [0.29, 0.717) is 26.1 Å². The highest BCUT2D eigenvalue weighted by Gasteiger charge is 2.36. The van der Waals surface area contributed by atoms with Crippen LogP contribution in [0.4, 0.5) is 0 Å². The first-order valence-corrected chi connectivity index (χ1v) is 9.47. The van der Waals surface area contributed by atoms with Gasteiger partial charge in [0.1, 0.15) is 0 Å². The van der Waals surface area contributed by atoms with Crippen molar-refractivity contribution in [2.24, 2.45) is 11.7 Å². The van der Waals surface area contributed by atoms with Gasteiger partial charge in [0, 0.05) is 38.7 Å². The van der Waals surface area contributed by atoms with E-state index in [4.69, 9.17) is 10.5 Å². The zero-order valence-electron chi connectivity index (χ0n) is 15.9. The standard InChI is InChI=1S/C20H29N3O3.ClH/c1-26-18-8-7-16(13-17(18)21)20(25)23-12-11-22(19(24)14-23)10-9-15-5-3-2-4-6-15;/h2-6,16-18H,7-14,21H2,1H3;1H/t16-,17+,18+;/m0./s1. The zero-order chi connectivity index (χ0) is 18.5. The number of hydrogen-bond donors (Lipinski definition) is 1. The molecule has 6 nitrogen and oxygen atoms in total. The van der Waals surface area contributed by atoms with Crippen molar-refractivity contribution in [3.63, 3.8) is 0 Å².